The van der Waals surface area contributed by atoms with Gasteiger partial charge in [-0.05, 0) is 66.8 Å². The summed E-state index contributed by atoms with van der Waals surface area (Å²) < 4.78 is 7.51. The second kappa shape index (κ2) is 8.18. The second-order valence-corrected chi connectivity index (χ2v) is 6.82. The summed E-state index contributed by atoms with van der Waals surface area (Å²) in [6.07, 6.45) is 9.44. The van der Waals surface area contributed by atoms with Crippen LogP contribution in [0.3, 0.4) is 0 Å². The van der Waals surface area contributed by atoms with E-state index in [2.05, 4.69) is 10.3 Å². The molecule has 4 rings (SSSR count). The van der Waals surface area contributed by atoms with Crippen molar-refractivity contribution < 1.29 is 9.53 Å². The highest BCUT2D eigenvalue weighted by Crippen LogP contribution is 2.30. The van der Waals surface area contributed by atoms with E-state index in [-0.39, 0.29) is 11.9 Å². The van der Waals surface area contributed by atoms with E-state index >= 15 is 0 Å². The SMILES string of the molecule is O=C(N[C@@H](c1cccnc1)C1CCOCC1)c1ccc(-n2cccc2)cc1. The van der Waals surface area contributed by atoms with Gasteiger partial charge in [-0.25, -0.2) is 0 Å². The summed E-state index contributed by atoms with van der Waals surface area (Å²) in [6.45, 7) is 1.48. The Kier molecular flexibility index (Phi) is 5.30. The third-order valence-corrected chi connectivity index (χ3v) is 5.10. The number of carbonyl (C=O) groups is 1. The monoisotopic (exact) mass is 361 g/mol. The van der Waals surface area contributed by atoms with Crippen molar-refractivity contribution in [2.24, 2.45) is 5.92 Å². The molecule has 5 nitrogen and oxygen atoms in total. The number of nitrogens with zero attached hydrogens (tertiary/aromatic N) is 2. The van der Waals surface area contributed by atoms with E-state index in [0.29, 0.717) is 11.5 Å². The molecule has 0 spiro atoms. The quantitative estimate of drug-likeness (QED) is 0.753. The molecule has 3 heterocycles. The van der Waals surface area contributed by atoms with Crippen molar-refractivity contribution in [1.82, 2.24) is 14.9 Å². The molecule has 1 N–H and O–H groups in total. The minimum atomic E-state index is -0.0607. The van der Waals surface area contributed by atoms with Crippen molar-refractivity contribution in [1.29, 1.82) is 0 Å². The maximum Gasteiger partial charge on any atom is 0.251 e. The van der Waals surface area contributed by atoms with Gasteiger partial charge in [-0.2, -0.15) is 0 Å². The van der Waals surface area contributed by atoms with E-state index in [1.165, 1.54) is 0 Å². The van der Waals surface area contributed by atoms with Gasteiger partial charge in [-0.1, -0.05) is 6.07 Å². The molecule has 138 valence electrons. The van der Waals surface area contributed by atoms with E-state index in [9.17, 15) is 4.79 Å². The van der Waals surface area contributed by atoms with Crippen molar-refractivity contribution in [3.63, 3.8) is 0 Å². The fourth-order valence-corrected chi connectivity index (χ4v) is 3.60. The first-order valence-corrected chi connectivity index (χ1v) is 9.33. The molecule has 2 aromatic heterocycles. The number of carbonyl (C=O) groups excluding carboxylic acids is 1. The molecule has 5 heteroatoms. The van der Waals surface area contributed by atoms with Crippen molar-refractivity contribution >= 4 is 5.91 Å². The number of pyridine rings is 1. The molecule has 0 saturated carbocycles. The lowest BCUT2D eigenvalue weighted by Gasteiger charge is -2.31. The van der Waals surface area contributed by atoms with Crippen molar-refractivity contribution in [3.05, 3.63) is 84.4 Å². The third kappa shape index (κ3) is 4.09. The number of hydrogen-bond donors (Lipinski definition) is 1. The number of amides is 1. The van der Waals surface area contributed by atoms with Gasteiger partial charge < -0.3 is 14.6 Å². The van der Waals surface area contributed by atoms with Crippen molar-refractivity contribution in [3.8, 4) is 5.69 Å². The van der Waals surface area contributed by atoms with Crippen LogP contribution in [0.1, 0.15) is 34.8 Å². The molecule has 3 aromatic rings. The Morgan fingerprint density at radius 3 is 2.48 bits per heavy atom. The molecule has 0 aliphatic carbocycles. The summed E-state index contributed by atoms with van der Waals surface area (Å²) in [5.74, 6) is 0.292. The molecule has 0 unspecified atom stereocenters. The highest BCUT2D eigenvalue weighted by Gasteiger charge is 2.27. The maximum absolute atomic E-state index is 12.9. The predicted molar refractivity (Wildman–Crippen MR) is 104 cm³/mol. The Hall–Kier alpha value is -2.92. The molecule has 1 amide bonds. The van der Waals surface area contributed by atoms with Crippen LogP contribution in [0.15, 0.2) is 73.3 Å². The summed E-state index contributed by atoms with van der Waals surface area (Å²) >= 11 is 0. The van der Waals surface area contributed by atoms with E-state index < -0.39 is 0 Å². The molecule has 1 aromatic carbocycles. The van der Waals surface area contributed by atoms with Crippen LogP contribution in [-0.2, 0) is 4.74 Å². The van der Waals surface area contributed by atoms with Crippen LogP contribution in [0.5, 0.6) is 0 Å². The molecular formula is C22H23N3O2. The average molecular weight is 361 g/mol. The lowest BCUT2D eigenvalue weighted by Crippen LogP contribution is -2.36. The maximum atomic E-state index is 12.9. The van der Waals surface area contributed by atoms with Crippen LogP contribution in [0.2, 0.25) is 0 Å². The predicted octanol–water partition coefficient (Wildman–Crippen LogP) is 3.77. The van der Waals surface area contributed by atoms with Crippen LogP contribution >= 0.6 is 0 Å². The van der Waals surface area contributed by atoms with Gasteiger partial charge in [0.05, 0.1) is 6.04 Å². The van der Waals surface area contributed by atoms with E-state index in [1.54, 1.807) is 6.20 Å². The normalized spacial score (nSPS) is 16.0. The van der Waals surface area contributed by atoms with Crippen molar-refractivity contribution in [2.45, 2.75) is 18.9 Å². The topological polar surface area (TPSA) is 56.1 Å². The molecule has 1 fully saturated rings. The van der Waals surface area contributed by atoms with E-state index in [1.807, 2.05) is 71.7 Å². The molecule has 1 saturated heterocycles. The van der Waals surface area contributed by atoms with E-state index in [0.717, 1.165) is 37.3 Å². The third-order valence-electron chi connectivity index (χ3n) is 5.10. The van der Waals surface area contributed by atoms with Gasteiger partial charge >= 0.3 is 0 Å². The summed E-state index contributed by atoms with van der Waals surface area (Å²) in [7, 11) is 0. The summed E-state index contributed by atoms with van der Waals surface area (Å²) in [6, 6.07) is 15.5. The summed E-state index contributed by atoms with van der Waals surface area (Å²) in [5, 5.41) is 3.23. The van der Waals surface area contributed by atoms with Gasteiger partial charge in [0.15, 0.2) is 0 Å². The highest BCUT2D eigenvalue weighted by atomic mass is 16.5. The number of benzene rings is 1. The molecule has 0 bridgehead atoms. The number of hydrogen-bond acceptors (Lipinski definition) is 3. The van der Waals surface area contributed by atoms with Crippen LogP contribution < -0.4 is 5.32 Å². The zero-order chi connectivity index (χ0) is 18.5. The largest absolute Gasteiger partial charge is 0.381 e. The minimum absolute atomic E-state index is 0.0563. The number of aromatic nitrogens is 2. The fraction of sp³-hybridized carbons (Fsp3) is 0.273. The number of nitrogens with one attached hydrogen (secondary N) is 1. The zero-order valence-corrected chi connectivity index (χ0v) is 15.1. The van der Waals surface area contributed by atoms with Gasteiger partial charge in [0.2, 0.25) is 0 Å². The Balaban J connectivity index is 1.52. The van der Waals surface area contributed by atoms with Crippen molar-refractivity contribution in [2.75, 3.05) is 13.2 Å². The Labute approximate surface area is 159 Å². The van der Waals surface area contributed by atoms with Gasteiger partial charge in [-0.3, -0.25) is 9.78 Å². The van der Waals surface area contributed by atoms with Crippen LogP contribution in [0.4, 0.5) is 0 Å². The summed E-state index contributed by atoms with van der Waals surface area (Å²) in [4.78, 5) is 17.1. The van der Waals surface area contributed by atoms with Gasteiger partial charge in [0.1, 0.15) is 0 Å². The molecule has 0 radical (unpaired) electrons. The first-order chi connectivity index (χ1) is 13.3. The second-order valence-electron chi connectivity index (χ2n) is 6.82. The smallest absolute Gasteiger partial charge is 0.251 e. The number of rotatable bonds is 5. The Bertz CT molecular complexity index is 854. The summed E-state index contributed by atoms with van der Waals surface area (Å²) in [5.41, 5.74) is 2.73. The average Bonchev–Trinajstić information content (AvgIpc) is 3.28. The van der Waals surface area contributed by atoms with Crippen LogP contribution in [-0.4, -0.2) is 28.7 Å². The lowest BCUT2D eigenvalue weighted by atomic mass is 9.87. The first-order valence-electron chi connectivity index (χ1n) is 9.33. The minimum Gasteiger partial charge on any atom is -0.381 e. The van der Waals surface area contributed by atoms with Gasteiger partial charge in [0, 0.05) is 49.3 Å². The standard InChI is InChI=1S/C22H23N3O2/c26-22(18-5-7-20(8-6-18)25-12-1-2-13-25)24-21(17-9-14-27-15-10-17)19-4-3-11-23-16-19/h1-8,11-13,16-17,21H,9-10,14-15H2,(H,24,26)/t21-/m1/s1. The Morgan fingerprint density at radius 1 is 1.07 bits per heavy atom. The number of ether oxygens (including phenoxy) is 1. The molecule has 1 aliphatic rings. The Morgan fingerprint density at radius 2 is 1.81 bits per heavy atom. The van der Waals surface area contributed by atoms with E-state index in [4.69, 9.17) is 4.74 Å². The zero-order valence-electron chi connectivity index (χ0n) is 15.1. The van der Waals surface area contributed by atoms with Gasteiger partial charge in [-0.15, -0.1) is 0 Å². The fourth-order valence-electron chi connectivity index (χ4n) is 3.60. The highest BCUT2D eigenvalue weighted by molar-refractivity contribution is 5.94. The molecule has 1 aliphatic heterocycles. The van der Waals surface area contributed by atoms with Gasteiger partial charge in [0.25, 0.3) is 5.91 Å². The van der Waals surface area contributed by atoms with Crippen LogP contribution in [0.25, 0.3) is 5.69 Å². The lowest BCUT2D eigenvalue weighted by molar-refractivity contribution is 0.0513. The molecule has 27 heavy (non-hydrogen) atoms. The molecular weight excluding hydrogens is 338 g/mol. The molecule has 1 atom stereocenters. The van der Waals surface area contributed by atoms with Crippen LogP contribution in [0, 0.1) is 5.92 Å². The first kappa shape index (κ1) is 17.5.